The Labute approximate surface area is 114 Å². The molecule has 1 aromatic rings. The smallest absolute Gasteiger partial charge is 0.409 e. The zero-order chi connectivity index (χ0) is 13.9. The Morgan fingerprint density at radius 2 is 1.94 bits per heavy atom. The largest absolute Gasteiger partial charge is 0.412 e. The molecule has 0 heterocycles. The first-order valence-electron chi connectivity index (χ1n) is 5.99. The number of hydrogen-bond donors (Lipinski definition) is 1. The number of amides is 1. The summed E-state index contributed by atoms with van der Waals surface area (Å²) < 4.78 is 5.37. The molecule has 1 N–H and O–H groups in total. The molecular weight excluding hydrogens is 266 g/mol. The third-order valence-corrected chi connectivity index (χ3v) is 4.68. The van der Waals surface area contributed by atoms with E-state index in [9.17, 15) is 4.79 Å². The lowest BCUT2D eigenvalue weighted by Crippen LogP contribution is -2.41. The molecule has 0 aliphatic heterocycles. The van der Waals surface area contributed by atoms with Gasteiger partial charge in [-0.2, -0.15) is 0 Å². The molecule has 0 aliphatic carbocycles. The molecule has 1 rings (SSSR count). The maximum Gasteiger partial charge on any atom is 0.412 e. The minimum absolute atomic E-state index is 0.0373. The molecule has 0 bridgehead atoms. The van der Waals surface area contributed by atoms with Gasteiger partial charge in [-0.25, -0.2) is 4.79 Å². The molecule has 18 heavy (non-hydrogen) atoms. The van der Waals surface area contributed by atoms with Crippen LogP contribution in [0.5, 0.6) is 5.75 Å². The van der Waals surface area contributed by atoms with Crippen LogP contribution in [0.2, 0.25) is 24.7 Å². The van der Waals surface area contributed by atoms with Crippen molar-refractivity contribution in [2.24, 2.45) is 0 Å². The minimum atomic E-state index is -1.61. The summed E-state index contributed by atoms with van der Waals surface area (Å²) >= 11 is 6.13. The second kappa shape index (κ2) is 5.76. The average molecular weight is 286 g/mol. The van der Waals surface area contributed by atoms with Crippen molar-refractivity contribution in [3.63, 3.8) is 0 Å². The maximum atomic E-state index is 11.7. The van der Waals surface area contributed by atoms with E-state index in [0.29, 0.717) is 10.8 Å². The molecule has 0 aliphatic rings. The Morgan fingerprint density at radius 3 is 2.44 bits per heavy atom. The van der Waals surface area contributed by atoms with Gasteiger partial charge in [-0.3, -0.25) is 0 Å². The fourth-order valence-corrected chi connectivity index (χ4v) is 3.32. The highest BCUT2D eigenvalue weighted by molar-refractivity contribution is 6.89. The number of para-hydroxylation sites is 1. The van der Waals surface area contributed by atoms with E-state index in [0.717, 1.165) is 5.19 Å². The second-order valence-electron chi connectivity index (χ2n) is 5.56. The van der Waals surface area contributed by atoms with Crippen LogP contribution in [0.1, 0.15) is 13.8 Å². The quantitative estimate of drug-likeness (QED) is 0.865. The Kier molecular flexibility index (Phi) is 4.82. The highest BCUT2D eigenvalue weighted by Crippen LogP contribution is 2.24. The average Bonchev–Trinajstić information content (AvgIpc) is 2.18. The van der Waals surface area contributed by atoms with Crippen LogP contribution in [-0.4, -0.2) is 20.2 Å². The second-order valence-corrected chi connectivity index (χ2v) is 11.0. The number of halogens is 1. The first-order valence-corrected chi connectivity index (χ1v) is 9.87. The summed E-state index contributed by atoms with van der Waals surface area (Å²) in [6.45, 7) is 10.3. The van der Waals surface area contributed by atoms with Gasteiger partial charge in [-0.1, -0.05) is 43.4 Å². The van der Waals surface area contributed by atoms with E-state index in [4.69, 9.17) is 16.3 Å². The number of ether oxygens (including phenoxy) is 1. The van der Waals surface area contributed by atoms with Crippen molar-refractivity contribution in [3.8, 4) is 5.75 Å². The van der Waals surface area contributed by atoms with E-state index in [1.807, 2.05) is 26.0 Å². The van der Waals surface area contributed by atoms with Gasteiger partial charge in [-0.15, -0.1) is 0 Å². The Balaban J connectivity index is 3.04. The molecular formula is C13H20ClNO2Si. The summed E-state index contributed by atoms with van der Waals surface area (Å²) in [5.41, 5.74) is 0. The predicted octanol–water partition coefficient (Wildman–Crippen LogP) is 3.38. The summed E-state index contributed by atoms with van der Waals surface area (Å²) in [6, 6.07) is 5.65. The highest BCUT2D eigenvalue weighted by atomic mass is 35.5. The van der Waals surface area contributed by atoms with E-state index in [1.165, 1.54) is 0 Å². The third kappa shape index (κ3) is 4.03. The fraction of sp³-hybridized carbons (Fsp3) is 0.462. The molecule has 3 nitrogen and oxygen atoms in total. The molecule has 0 saturated heterocycles. The summed E-state index contributed by atoms with van der Waals surface area (Å²) in [4.78, 5) is 11.7. The van der Waals surface area contributed by atoms with Crippen molar-refractivity contribution in [2.45, 2.75) is 39.5 Å². The zero-order valence-corrected chi connectivity index (χ0v) is 13.3. The summed E-state index contributed by atoms with van der Waals surface area (Å²) in [7, 11) is -1.61. The number of rotatable bonds is 3. The molecule has 0 saturated carbocycles. The van der Waals surface area contributed by atoms with Gasteiger partial charge in [0.1, 0.15) is 0 Å². The van der Waals surface area contributed by atoms with Crippen molar-refractivity contribution in [1.82, 2.24) is 5.32 Å². The van der Waals surface area contributed by atoms with E-state index < -0.39 is 14.2 Å². The van der Waals surface area contributed by atoms with Gasteiger partial charge in [0.25, 0.3) is 0 Å². The molecule has 0 unspecified atom stereocenters. The van der Waals surface area contributed by atoms with Crippen LogP contribution in [0.15, 0.2) is 18.2 Å². The molecule has 1 aromatic carbocycles. The lowest BCUT2D eigenvalue weighted by molar-refractivity contribution is 0.198. The highest BCUT2D eigenvalue weighted by Gasteiger charge is 2.24. The van der Waals surface area contributed by atoms with Crippen LogP contribution >= 0.6 is 11.6 Å². The van der Waals surface area contributed by atoms with Crippen molar-refractivity contribution in [3.05, 3.63) is 23.2 Å². The van der Waals surface area contributed by atoms with Gasteiger partial charge in [0.05, 0.1) is 13.1 Å². The maximum absolute atomic E-state index is 11.7. The van der Waals surface area contributed by atoms with E-state index in [1.54, 1.807) is 6.07 Å². The molecule has 100 valence electrons. The number of benzene rings is 1. The van der Waals surface area contributed by atoms with Gasteiger partial charge in [0.15, 0.2) is 5.75 Å². The van der Waals surface area contributed by atoms with E-state index >= 15 is 0 Å². The minimum Gasteiger partial charge on any atom is -0.409 e. The molecule has 0 atom stereocenters. The number of nitrogens with one attached hydrogen (secondary N) is 1. The lowest BCUT2D eigenvalue weighted by Gasteiger charge is -2.21. The van der Waals surface area contributed by atoms with Gasteiger partial charge < -0.3 is 10.1 Å². The van der Waals surface area contributed by atoms with Crippen molar-refractivity contribution in [1.29, 1.82) is 0 Å². The SMILES string of the molecule is CC(C)NC(=O)Oc1c(Cl)cccc1[Si](C)(C)C. The molecule has 0 radical (unpaired) electrons. The monoisotopic (exact) mass is 285 g/mol. The Bertz CT molecular complexity index is 441. The van der Waals surface area contributed by atoms with Gasteiger partial charge in [0.2, 0.25) is 0 Å². The predicted molar refractivity (Wildman–Crippen MR) is 78.7 cm³/mol. The van der Waals surface area contributed by atoms with Crippen LogP contribution < -0.4 is 15.2 Å². The molecule has 0 aromatic heterocycles. The fourth-order valence-electron chi connectivity index (χ4n) is 1.56. The summed E-state index contributed by atoms with van der Waals surface area (Å²) in [6.07, 6.45) is -0.461. The van der Waals surface area contributed by atoms with E-state index in [2.05, 4.69) is 25.0 Å². The topological polar surface area (TPSA) is 38.3 Å². The molecule has 1 amide bonds. The van der Waals surface area contributed by atoms with Crippen LogP contribution in [0, 0.1) is 0 Å². The standard InChI is InChI=1S/C13H20ClNO2Si/c1-9(2)15-13(16)17-12-10(14)7-6-8-11(12)18(3,4)5/h6-9H,1-5H3,(H,15,16). The van der Waals surface area contributed by atoms with Crippen molar-refractivity contribution < 1.29 is 9.53 Å². The van der Waals surface area contributed by atoms with Gasteiger partial charge in [-0.05, 0) is 25.1 Å². The van der Waals surface area contributed by atoms with Crippen LogP contribution in [0.25, 0.3) is 0 Å². The molecule has 5 heteroatoms. The van der Waals surface area contributed by atoms with E-state index in [-0.39, 0.29) is 6.04 Å². The number of hydrogen-bond acceptors (Lipinski definition) is 2. The van der Waals surface area contributed by atoms with Crippen LogP contribution in [0.3, 0.4) is 0 Å². The Morgan fingerprint density at radius 1 is 1.33 bits per heavy atom. The zero-order valence-electron chi connectivity index (χ0n) is 11.5. The van der Waals surface area contributed by atoms with Crippen LogP contribution in [0.4, 0.5) is 4.79 Å². The summed E-state index contributed by atoms with van der Waals surface area (Å²) in [5.74, 6) is 0.497. The van der Waals surface area contributed by atoms with Crippen molar-refractivity contribution >= 4 is 31.0 Å². The lowest BCUT2D eigenvalue weighted by atomic mass is 10.3. The summed E-state index contributed by atoms with van der Waals surface area (Å²) in [5, 5.41) is 4.22. The molecule has 0 fully saturated rings. The Hall–Kier alpha value is -1.00. The van der Waals surface area contributed by atoms with Crippen molar-refractivity contribution in [2.75, 3.05) is 0 Å². The van der Waals surface area contributed by atoms with Crippen LogP contribution in [-0.2, 0) is 0 Å². The first-order chi connectivity index (χ1) is 8.21. The first kappa shape index (κ1) is 15.1. The van der Waals surface area contributed by atoms with Gasteiger partial charge >= 0.3 is 6.09 Å². The normalized spacial score (nSPS) is 11.5. The molecule has 0 spiro atoms. The number of carbonyl (C=O) groups excluding carboxylic acids is 1. The van der Waals surface area contributed by atoms with Gasteiger partial charge in [0, 0.05) is 6.04 Å². The third-order valence-electron chi connectivity index (χ3n) is 2.38. The number of carbonyl (C=O) groups is 1.